The van der Waals surface area contributed by atoms with Gasteiger partial charge in [-0.25, -0.2) is 9.97 Å². The molecule has 0 bridgehead atoms. The average Bonchev–Trinajstić information content (AvgIpc) is 3.31. The highest BCUT2D eigenvalue weighted by molar-refractivity contribution is 5.93. The number of hydrogen-bond donors (Lipinski definition) is 2. The van der Waals surface area contributed by atoms with Crippen molar-refractivity contribution in [1.29, 1.82) is 0 Å². The molecule has 1 aromatic carbocycles. The number of anilines is 1. The normalized spacial score (nSPS) is 15.3. The van der Waals surface area contributed by atoms with Gasteiger partial charge in [-0.15, -0.1) is 0 Å². The number of aromatic nitrogens is 5. The number of morpholine rings is 1. The zero-order valence-corrected chi connectivity index (χ0v) is 15.1. The van der Waals surface area contributed by atoms with Crippen LogP contribution in [0.15, 0.2) is 30.9 Å². The molecule has 2 aromatic heterocycles. The van der Waals surface area contributed by atoms with Crippen molar-refractivity contribution < 1.29 is 9.53 Å². The van der Waals surface area contributed by atoms with E-state index in [9.17, 15) is 4.79 Å². The summed E-state index contributed by atoms with van der Waals surface area (Å²) >= 11 is 0. The lowest BCUT2D eigenvalue weighted by atomic mass is 10.2. The third kappa shape index (κ3) is 4.69. The molecule has 0 unspecified atom stereocenters. The molecule has 4 rings (SSSR count). The average molecular weight is 369 g/mol. The quantitative estimate of drug-likeness (QED) is 0.653. The summed E-state index contributed by atoms with van der Waals surface area (Å²) in [4.78, 5) is 26.3. The summed E-state index contributed by atoms with van der Waals surface area (Å²) in [6, 6.07) is 5.75. The molecule has 0 radical (unpaired) electrons. The lowest BCUT2D eigenvalue weighted by Crippen LogP contribution is -2.35. The van der Waals surface area contributed by atoms with Crippen molar-refractivity contribution in [2.45, 2.75) is 25.9 Å². The number of aryl methyl sites for hydroxylation is 1. The van der Waals surface area contributed by atoms with Crippen molar-refractivity contribution in [3.63, 3.8) is 0 Å². The van der Waals surface area contributed by atoms with Gasteiger partial charge in [-0.2, -0.15) is 5.10 Å². The SMILES string of the molecule is O=C(CCCn1cncn1)Nc1ccc2nc(CN3CCOCC3)[nH]c2c1. The highest BCUT2D eigenvalue weighted by Crippen LogP contribution is 2.18. The molecule has 3 heterocycles. The number of fused-ring (bicyclic) bond motifs is 1. The first-order valence-electron chi connectivity index (χ1n) is 9.17. The Kier molecular flexibility index (Phi) is 5.40. The molecule has 1 amide bonds. The molecule has 1 aliphatic heterocycles. The maximum absolute atomic E-state index is 12.1. The summed E-state index contributed by atoms with van der Waals surface area (Å²) in [5.41, 5.74) is 2.61. The van der Waals surface area contributed by atoms with Gasteiger partial charge in [0.25, 0.3) is 0 Å². The number of nitrogens with one attached hydrogen (secondary N) is 2. The molecule has 9 nitrogen and oxygen atoms in total. The standard InChI is InChI=1S/C18H23N7O2/c26-18(2-1-5-25-13-19-12-20-25)21-14-3-4-15-16(10-14)23-17(22-15)11-24-6-8-27-9-7-24/h3-4,10,12-13H,1-2,5-9,11H2,(H,21,26)(H,22,23). The highest BCUT2D eigenvalue weighted by Gasteiger charge is 2.13. The van der Waals surface area contributed by atoms with E-state index in [4.69, 9.17) is 4.74 Å². The lowest BCUT2D eigenvalue weighted by Gasteiger charge is -2.25. The van der Waals surface area contributed by atoms with Crippen molar-refractivity contribution in [3.8, 4) is 0 Å². The van der Waals surface area contributed by atoms with Gasteiger partial charge in [-0.3, -0.25) is 14.4 Å². The minimum Gasteiger partial charge on any atom is -0.379 e. The molecule has 0 saturated carbocycles. The fraction of sp³-hybridized carbons (Fsp3) is 0.444. The Morgan fingerprint density at radius 3 is 3.00 bits per heavy atom. The van der Waals surface area contributed by atoms with Crippen LogP contribution in [0.25, 0.3) is 11.0 Å². The number of nitrogens with zero attached hydrogens (tertiary/aromatic N) is 5. The molecule has 142 valence electrons. The van der Waals surface area contributed by atoms with Crippen molar-refractivity contribution in [1.82, 2.24) is 29.6 Å². The topological polar surface area (TPSA) is 101 Å². The summed E-state index contributed by atoms with van der Waals surface area (Å²) in [6.07, 6.45) is 4.29. The molecule has 3 aromatic rings. The number of H-pyrrole nitrogens is 1. The van der Waals surface area contributed by atoms with E-state index in [-0.39, 0.29) is 5.91 Å². The fourth-order valence-corrected chi connectivity index (χ4v) is 3.16. The van der Waals surface area contributed by atoms with E-state index in [1.165, 1.54) is 6.33 Å². The van der Waals surface area contributed by atoms with Gasteiger partial charge in [0, 0.05) is 31.7 Å². The van der Waals surface area contributed by atoms with Crippen LogP contribution in [-0.4, -0.2) is 61.8 Å². The minimum absolute atomic E-state index is 0.0116. The number of carbonyl (C=O) groups is 1. The van der Waals surface area contributed by atoms with Crippen molar-refractivity contribution in [3.05, 3.63) is 36.7 Å². The number of ether oxygens (including phenoxy) is 1. The van der Waals surface area contributed by atoms with E-state index in [0.717, 1.165) is 55.4 Å². The molecule has 1 fully saturated rings. The number of imidazole rings is 1. The Hall–Kier alpha value is -2.78. The first-order chi connectivity index (χ1) is 13.3. The fourth-order valence-electron chi connectivity index (χ4n) is 3.16. The number of rotatable bonds is 7. The van der Waals surface area contributed by atoms with E-state index in [1.54, 1.807) is 11.0 Å². The van der Waals surface area contributed by atoms with Crippen molar-refractivity contribution in [2.24, 2.45) is 0 Å². The molecule has 0 atom stereocenters. The molecule has 9 heteroatoms. The number of hydrogen-bond acceptors (Lipinski definition) is 6. The zero-order valence-electron chi connectivity index (χ0n) is 15.1. The largest absolute Gasteiger partial charge is 0.379 e. The smallest absolute Gasteiger partial charge is 0.224 e. The first-order valence-corrected chi connectivity index (χ1v) is 9.17. The Morgan fingerprint density at radius 1 is 1.30 bits per heavy atom. The summed E-state index contributed by atoms with van der Waals surface area (Å²) in [5.74, 6) is 0.922. The maximum Gasteiger partial charge on any atom is 0.224 e. The number of aromatic amines is 1. The van der Waals surface area contributed by atoms with Crippen LogP contribution in [0, 0.1) is 0 Å². The van der Waals surface area contributed by atoms with Gasteiger partial charge >= 0.3 is 0 Å². The van der Waals surface area contributed by atoms with Crippen LogP contribution in [0.3, 0.4) is 0 Å². The van der Waals surface area contributed by atoms with Crippen LogP contribution in [0.4, 0.5) is 5.69 Å². The Morgan fingerprint density at radius 2 is 2.19 bits per heavy atom. The predicted octanol–water partition coefficient (Wildman–Crippen LogP) is 1.41. The molecular weight excluding hydrogens is 346 g/mol. The predicted molar refractivity (Wildman–Crippen MR) is 100 cm³/mol. The van der Waals surface area contributed by atoms with E-state index in [1.807, 2.05) is 18.2 Å². The molecule has 0 spiro atoms. The zero-order chi connectivity index (χ0) is 18.5. The second kappa shape index (κ2) is 8.28. The Balaban J connectivity index is 1.32. The van der Waals surface area contributed by atoms with Gasteiger partial charge < -0.3 is 15.0 Å². The monoisotopic (exact) mass is 369 g/mol. The van der Waals surface area contributed by atoms with E-state index < -0.39 is 0 Å². The van der Waals surface area contributed by atoms with Gasteiger partial charge in [0.15, 0.2) is 0 Å². The Labute approximate surface area is 156 Å². The molecule has 2 N–H and O–H groups in total. The molecular formula is C18H23N7O2. The van der Waals surface area contributed by atoms with Crippen LogP contribution in [0.2, 0.25) is 0 Å². The number of amides is 1. The van der Waals surface area contributed by atoms with Gasteiger partial charge in [0.2, 0.25) is 5.91 Å². The first kappa shape index (κ1) is 17.6. The minimum atomic E-state index is -0.0116. The maximum atomic E-state index is 12.1. The van der Waals surface area contributed by atoms with E-state index in [2.05, 4.69) is 30.3 Å². The number of carbonyl (C=O) groups excluding carboxylic acids is 1. The molecule has 1 saturated heterocycles. The molecule has 27 heavy (non-hydrogen) atoms. The molecule has 1 aliphatic rings. The van der Waals surface area contributed by atoms with Crippen molar-refractivity contribution >= 4 is 22.6 Å². The van der Waals surface area contributed by atoms with Crippen LogP contribution < -0.4 is 5.32 Å². The third-order valence-electron chi connectivity index (χ3n) is 4.55. The van der Waals surface area contributed by atoms with Gasteiger partial charge in [0.1, 0.15) is 18.5 Å². The van der Waals surface area contributed by atoms with Gasteiger partial charge in [-0.05, 0) is 24.6 Å². The Bertz CT molecular complexity index is 884. The summed E-state index contributed by atoms with van der Waals surface area (Å²) in [6.45, 7) is 4.85. The third-order valence-corrected chi connectivity index (χ3v) is 4.55. The van der Waals surface area contributed by atoms with Gasteiger partial charge in [-0.1, -0.05) is 0 Å². The highest BCUT2D eigenvalue weighted by atomic mass is 16.5. The van der Waals surface area contributed by atoms with Crippen LogP contribution in [0.1, 0.15) is 18.7 Å². The summed E-state index contributed by atoms with van der Waals surface area (Å²) in [5, 5.41) is 6.97. The summed E-state index contributed by atoms with van der Waals surface area (Å²) in [7, 11) is 0. The lowest BCUT2D eigenvalue weighted by molar-refractivity contribution is -0.116. The molecule has 0 aliphatic carbocycles. The second-order valence-corrected chi connectivity index (χ2v) is 6.61. The van der Waals surface area contributed by atoms with Crippen LogP contribution >= 0.6 is 0 Å². The van der Waals surface area contributed by atoms with Crippen LogP contribution in [-0.2, 0) is 22.6 Å². The van der Waals surface area contributed by atoms with Gasteiger partial charge in [0.05, 0.1) is 30.8 Å². The van der Waals surface area contributed by atoms with Crippen LogP contribution in [0.5, 0.6) is 0 Å². The van der Waals surface area contributed by atoms with E-state index in [0.29, 0.717) is 19.4 Å². The number of benzene rings is 1. The van der Waals surface area contributed by atoms with E-state index >= 15 is 0 Å². The summed E-state index contributed by atoms with van der Waals surface area (Å²) < 4.78 is 7.10. The second-order valence-electron chi connectivity index (χ2n) is 6.61. The van der Waals surface area contributed by atoms with Crippen molar-refractivity contribution in [2.75, 3.05) is 31.6 Å².